The number of nitrogens with one attached hydrogen (secondary N) is 1. The summed E-state index contributed by atoms with van der Waals surface area (Å²) in [6.45, 7) is 1.05. The van der Waals surface area contributed by atoms with Crippen molar-refractivity contribution in [3.05, 3.63) is 64.1 Å². The smallest absolute Gasteiger partial charge is 0.246 e. The number of benzene rings is 2. The molecular weight excluding hydrogens is 337 g/mol. The lowest BCUT2D eigenvalue weighted by molar-refractivity contribution is -0.126. The minimum atomic E-state index is -0.197. The molecule has 6 heteroatoms. The molecule has 0 saturated carbocycles. The van der Waals surface area contributed by atoms with Crippen LogP contribution in [0.5, 0.6) is 5.75 Å². The average molecular weight is 354 g/mol. The van der Waals surface area contributed by atoms with Gasteiger partial charge in [-0.3, -0.25) is 4.79 Å². The van der Waals surface area contributed by atoms with Gasteiger partial charge in [-0.05, 0) is 35.9 Å². The fourth-order valence-electron chi connectivity index (χ4n) is 1.81. The van der Waals surface area contributed by atoms with Crippen molar-refractivity contribution >= 4 is 29.1 Å². The highest BCUT2D eigenvalue weighted by atomic mass is 35.5. The van der Waals surface area contributed by atoms with Crippen molar-refractivity contribution in [1.29, 1.82) is 0 Å². The molecule has 0 radical (unpaired) electrons. The lowest BCUT2D eigenvalue weighted by Gasteiger charge is -2.09. The van der Waals surface area contributed by atoms with E-state index in [0.29, 0.717) is 35.6 Å². The van der Waals surface area contributed by atoms with E-state index in [1.54, 1.807) is 30.3 Å². The second-order valence-corrected chi connectivity index (χ2v) is 5.58. The topological polar surface area (TPSA) is 47.6 Å². The Morgan fingerprint density at radius 2 is 1.78 bits per heavy atom. The van der Waals surface area contributed by atoms with Crippen molar-refractivity contribution in [3.63, 3.8) is 0 Å². The van der Waals surface area contributed by atoms with Gasteiger partial charge >= 0.3 is 0 Å². The fourth-order valence-corrected chi connectivity index (χ4v) is 2.13. The van der Waals surface area contributed by atoms with E-state index in [4.69, 9.17) is 32.7 Å². The van der Waals surface area contributed by atoms with Crippen LogP contribution in [0, 0.1) is 0 Å². The van der Waals surface area contributed by atoms with E-state index < -0.39 is 0 Å². The highest BCUT2D eigenvalue weighted by Crippen LogP contribution is 2.16. The zero-order valence-electron chi connectivity index (χ0n) is 12.4. The Hall–Kier alpha value is -1.75. The van der Waals surface area contributed by atoms with Crippen LogP contribution in [0.1, 0.15) is 5.56 Å². The summed E-state index contributed by atoms with van der Waals surface area (Å²) in [5, 5.41) is 4.00. The summed E-state index contributed by atoms with van der Waals surface area (Å²) >= 11 is 11.8. The van der Waals surface area contributed by atoms with E-state index in [1.165, 1.54) is 0 Å². The van der Waals surface area contributed by atoms with Crippen molar-refractivity contribution in [1.82, 2.24) is 5.32 Å². The maximum Gasteiger partial charge on any atom is 0.246 e. The first-order valence-electron chi connectivity index (χ1n) is 7.11. The minimum absolute atomic E-state index is 0.0217. The number of hydrogen-bond acceptors (Lipinski definition) is 3. The van der Waals surface area contributed by atoms with E-state index in [9.17, 15) is 4.79 Å². The summed E-state index contributed by atoms with van der Waals surface area (Å²) in [6, 6.07) is 14.4. The Bertz CT molecular complexity index is 632. The van der Waals surface area contributed by atoms with E-state index in [-0.39, 0.29) is 12.5 Å². The van der Waals surface area contributed by atoms with Crippen molar-refractivity contribution < 1.29 is 14.3 Å². The number of amides is 1. The molecule has 0 aromatic heterocycles. The molecule has 4 nitrogen and oxygen atoms in total. The molecule has 0 aliphatic carbocycles. The van der Waals surface area contributed by atoms with Gasteiger partial charge in [0.05, 0.1) is 13.2 Å². The highest BCUT2D eigenvalue weighted by molar-refractivity contribution is 6.31. The van der Waals surface area contributed by atoms with Gasteiger partial charge in [0.2, 0.25) is 5.91 Å². The molecule has 0 bridgehead atoms. The van der Waals surface area contributed by atoms with Crippen molar-refractivity contribution in [2.75, 3.05) is 19.8 Å². The van der Waals surface area contributed by atoms with E-state index in [1.807, 2.05) is 18.2 Å². The second-order valence-electron chi connectivity index (χ2n) is 4.74. The molecule has 0 unspecified atom stereocenters. The maximum atomic E-state index is 11.6. The van der Waals surface area contributed by atoms with Crippen LogP contribution in [0.3, 0.4) is 0 Å². The van der Waals surface area contributed by atoms with Crippen LogP contribution >= 0.6 is 23.2 Å². The molecule has 0 heterocycles. The molecule has 2 aromatic carbocycles. The average Bonchev–Trinajstić information content (AvgIpc) is 2.55. The Morgan fingerprint density at radius 1 is 1.04 bits per heavy atom. The van der Waals surface area contributed by atoms with Crippen molar-refractivity contribution in [2.45, 2.75) is 6.61 Å². The number of hydrogen-bond donors (Lipinski definition) is 1. The third kappa shape index (κ3) is 6.48. The molecule has 0 atom stereocenters. The maximum absolute atomic E-state index is 11.6. The Balaban J connectivity index is 1.58. The number of rotatable bonds is 8. The fraction of sp³-hybridized carbons (Fsp3) is 0.235. The summed E-state index contributed by atoms with van der Waals surface area (Å²) in [4.78, 5) is 11.6. The van der Waals surface area contributed by atoms with Crippen LogP contribution in [0.2, 0.25) is 10.0 Å². The number of carbonyl (C=O) groups is 1. The summed E-state index contributed by atoms with van der Waals surface area (Å²) in [5.74, 6) is 0.510. The summed E-state index contributed by atoms with van der Waals surface area (Å²) < 4.78 is 10.8. The van der Waals surface area contributed by atoms with Gasteiger partial charge in [0.25, 0.3) is 0 Å². The van der Waals surface area contributed by atoms with Crippen LogP contribution in [0.15, 0.2) is 48.5 Å². The lowest BCUT2D eigenvalue weighted by atomic mass is 10.2. The monoisotopic (exact) mass is 353 g/mol. The zero-order chi connectivity index (χ0) is 16.5. The molecule has 0 fully saturated rings. The first-order valence-corrected chi connectivity index (χ1v) is 7.87. The normalized spacial score (nSPS) is 10.3. The number of halogens is 2. The van der Waals surface area contributed by atoms with Crippen LogP contribution in [0.25, 0.3) is 0 Å². The second kappa shape index (κ2) is 9.40. The van der Waals surface area contributed by atoms with Gasteiger partial charge in [0.1, 0.15) is 19.0 Å². The van der Waals surface area contributed by atoms with Crippen molar-refractivity contribution in [2.24, 2.45) is 0 Å². The summed E-state index contributed by atoms with van der Waals surface area (Å²) in [7, 11) is 0. The van der Waals surface area contributed by atoms with Gasteiger partial charge in [-0.15, -0.1) is 0 Å². The van der Waals surface area contributed by atoms with Crippen LogP contribution in [0.4, 0.5) is 0 Å². The molecule has 23 heavy (non-hydrogen) atoms. The predicted octanol–water partition coefficient (Wildman–Crippen LogP) is 3.71. The predicted molar refractivity (Wildman–Crippen MR) is 91.1 cm³/mol. The highest BCUT2D eigenvalue weighted by Gasteiger charge is 2.03. The van der Waals surface area contributed by atoms with E-state index in [2.05, 4.69) is 5.32 Å². The molecule has 0 saturated heterocycles. The molecule has 0 aliphatic rings. The number of carbonyl (C=O) groups excluding carboxylic acids is 1. The molecule has 0 spiro atoms. The van der Waals surface area contributed by atoms with Crippen LogP contribution < -0.4 is 10.1 Å². The standard InChI is InChI=1S/C17H17Cl2NO3/c18-14-5-7-15(8-6-14)23-10-9-20-17(21)12-22-11-13-3-1-2-4-16(13)19/h1-8H,9-12H2,(H,20,21). The van der Waals surface area contributed by atoms with Crippen molar-refractivity contribution in [3.8, 4) is 5.75 Å². The first-order chi connectivity index (χ1) is 11.1. The van der Waals surface area contributed by atoms with Gasteiger partial charge in [-0.2, -0.15) is 0 Å². The molecule has 2 rings (SSSR count). The molecular formula is C17H17Cl2NO3. The minimum Gasteiger partial charge on any atom is -0.492 e. The van der Waals surface area contributed by atoms with Gasteiger partial charge < -0.3 is 14.8 Å². The van der Waals surface area contributed by atoms with Gasteiger partial charge in [0.15, 0.2) is 0 Å². The molecule has 1 N–H and O–H groups in total. The third-order valence-electron chi connectivity index (χ3n) is 2.96. The largest absolute Gasteiger partial charge is 0.492 e. The Morgan fingerprint density at radius 3 is 2.52 bits per heavy atom. The Kier molecular flexibility index (Phi) is 7.20. The van der Waals surface area contributed by atoms with E-state index >= 15 is 0 Å². The van der Waals surface area contributed by atoms with Gasteiger partial charge in [0, 0.05) is 10.0 Å². The molecule has 122 valence electrons. The van der Waals surface area contributed by atoms with Gasteiger partial charge in [-0.25, -0.2) is 0 Å². The quantitative estimate of drug-likeness (QED) is 0.736. The SMILES string of the molecule is O=C(COCc1ccccc1Cl)NCCOc1ccc(Cl)cc1. The van der Waals surface area contributed by atoms with Gasteiger partial charge in [-0.1, -0.05) is 41.4 Å². The third-order valence-corrected chi connectivity index (χ3v) is 3.58. The first kappa shape index (κ1) is 17.6. The van der Waals surface area contributed by atoms with E-state index in [0.717, 1.165) is 5.56 Å². The zero-order valence-corrected chi connectivity index (χ0v) is 13.9. The van der Waals surface area contributed by atoms with Crippen LogP contribution in [-0.2, 0) is 16.1 Å². The number of ether oxygens (including phenoxy) is 2. The van der Waals surface area contributed by atoms with Crippen LogP contribution in [-0.4, -0.2) is 25.7 Å². The Labute approximate surface area is 145 Å². The summed E-state index contributed by atoms with van der Waals surface area (Å²) in [6.07, 6.45) is 0. The molecule has 0 aliphatic heterocycles. The summed E-state index contributed by atoms with van der Waals surface area (Å²) in [5.41, 5.74) is 0.855. The molecule has 1 amide bonds. The molecule has 2 aromatic rings. The lowest BCUT2D eigenvalue weighted by Crippen LogP contribution is -2.31.